The summed E-state index contributed by atoms with van der Waals surface area (Å²) in [7, 11) is 1.91. The molecular weight excluding hydrogens is 282 g/mol. The van der Waals surface area contributed by atoms with Crippen molar-refractivity contribution in [2.75, 3.05) is 6.26 Å². The fraction of sp³-hybridized carbons (Fsp3) is 0.438. The molecule has 0 amide bonds. The number of hydrogen-bond donors (Lipinski definition) is 1. The first-order valence-electron chi connectivity index (χ1n) is 7.15. The SMILES string of the molecule is CCC(N)Cc1c(C)nn(C)c1Oc1ccccc1SC. The van der Waals surface area contributed by atoms with Gasteiger partial charge < -0.3 is 10.5 Å². The van der Waals surface area contributed by atoms with Crippen LogP contribution in [0.4, 0.5) is 0 Å². The third-order valence-corrected chi connectivity index (χ3v) is 4.33. The van der Waals surface area contributed by atoms with E-state index in [1.807, 2.05) is 38.4 Å². The Balaban J connectivity index is 2.35. The second-order valence-electron chi connectivity index (χ2n) is 5.12. The fourth-order valence-electron chi connectivity index (χ4n) is 2.26. The second kappa shape index (κ2) is 7.00. The molecule has 2 rings (SSSR count). The highest BCUT2D eigenvalue weighted by atomic mass is 32.2. The van der Waals surface area contributed by atoms with Crippen molar-refractivity contribution in [3.05, 3.63) is 35.5 Å². The monoisotopic (exact) mass is 305 g/mol. The van der Waals surface area contributed by atoms with Gasteiger partial charge in [0.2, 0.25) is 5.88 Å². The van der Waals surface area contributed by atoms with Gasteiger partial charge in [0.15, 0.2) is 0 Å². The van der Waals surface area contributed by atoms with Gasteiger partial charge in [0, 0.05) is 23.5 Å². The summed E-state index contributed by atoms with van der Waals surface area (Å²) in [5.74, 6) is 1.65. The standard InChI is InChI=1S/C16H23N3OS/c1-5-12(17)10-13-11(2)18-19(3)16(13)20-14-8-6-7-9-15(14)21-4/h6-9,12H,5,10,17H2,1-4H3. The third-order valence-electron chi connectivity index (χ3n) is 3.56. The molecule has 0 saturated carbocycles. The molecule has 21 heavy (non-hydrogen) atoms. The van der Waals surface area contributed by atoms with Crippen LogP contribution in [0.15, 0.2) is 29.2 Å². The Morgan fingerprint density at radius 2 is 2.10 bits per heavy atom. The smallest absolute Gasteiger partial charge is 0.221 e. The van der Waals surface area contributed by atoms with Crippen LogP contribution in [-0.2, 0) is 13.5 Å². The van der Waals surface area contributed by atoms with Crippen molar-refractivity contribution in [3.63, 3.8) is 0 Å². The van der Waals surface area contributed by atoms with Gasteiger partial charge in [0.25, 0.3) is 0 Å². The first-order chi connectivity index (χ1) is 10.1. The third kappa shape index (κ3) is 3.60. The molecule has 0 aliphatic carbocycles. The average molecular weight is 305 g/mol. The van der Waals surface area contributed by atoms with E-state index >= 15 is 0 Å². The molecule has 2 aromatic rings. The Bertz CT molecular complexity index is 610. The normalized spacial score (nSPS) is 12.4. The number of nitrogens with two attached hydrogens (primary N) is 1. The van der Waals surface area contributed by atoms with E-state index in [-0.39, 0.29) is 6.04 Å². The second-order valence-corrected chi connectivity index (χ2v) is 5.97. The summed E-state index contributed by atoms with van der Waals surface area (Å²) in [6, 6.07) is 8.17. The van der Waals surface area contributed by atoms with Gasteiger partial charge in [-0.15, -0.1) is 11.8 Å². The van der Waals surface area contributed by atoms with Crippen LogP contribution in [0.3, 0.4) is 0 Å². The van der Waals surface area contributed by atoms with Gasteiger partial charge in [-0.2, -0.15) is 5.10 Å². The van der Waals surface area contributed by atoms with Crippen LogP contribution < -0.4 is 10.5 Å². The Labute approximate surface area is 130 Å². The molecular formula is C16H23N3OS. The van der Waals surface area contributed by atoms with Crippen molar-refractivity contribution < 1.29 is 4.74 Å². The zero-order valence-corrected chi connectivity index (χ0v) is 13.9. The molecule has 1 unspecified atom stereocenters. The predicted molar refractivity (Wildman–Crippen MR) is 88.2 cm³/mol. The lowest BCUT2D eigenvalue weighted by molar-refractivity contribution is 0.415. The molecule has 0 aliphatic heterocycles. The van der Waals surface area contributed by atoms with E-state index in [9.17, 15) is 0 Å². The molecule has 1 aromatic carbocycles. The Kier molecular flexibility index (Phi) is 5.31. The predicted octanol–water partition coefficient (Wildman–Crippen LogP) is 3.52. The number of hydrogen-bond acceptors (Lipinski definition) is 4. The van der Waals surface area contributed by atoms with Crippen LogP contribution >= 0.6 is 11.8 Å². The van der Waals surface area contributed by atoms with Gasteiger partial charge in [-0.05, 0) is 38.2 Å². The van der Waals surface area contributed by atoms with Gasteiger partial charge in [-0.3, -0.25) is 0 Å². The van der Waals surface area contributed by atoms with Gasteiger partial charge >= 0.3 is 0 Å². The Morgan fingerprint density at radius 1 is 1.38 bits per heavy atom. The van der Waals surface area contributed by atoms with E-state index in [4.69, 9.17) is 10.5 Å². The molecule has 0 saturated heterocycles. The maximum absolute atomic E-state index is 6.15. The maximum Gasteiger partial charge on any atom is 0.221 e. The van der Waals surface area contributed by atoms with Crippen LogP contribution in [0, 0.1) is 6.92 Å². The summed E-state index contributed by atoms with van der Waals surface area (Å²) in [6.07, 6.45) is 3.77. The molecule has 1 aromatic heterocycles. The quantitative estimate of drug-likeness (QED) is 0.830. The number of aryl methyl sites for hydroxylation is 2. The largest absolute Gasteiger partial charge is 0.438 e. The van der Waals surface area contributed by atoms with E-state index in [2.05, 4.69) is 18.1 Å². The lowest BCUT2D eigenvalue weighted by Crippen LogP contribution is -2.21. The van der Waals surface area contributed by atoms with Crippen molar-refractivity contribution in [2.24, 2.45) is 12.8 Å². The topological polar surface area (TPSA) is 53.1 Å². The Morgan fingerprint density at radius 3 is 2.76 bits per heavy atom. The lowest BCUT2D eigenvalue weighted by atomic mass is 10.1. The number of para-hydroxylation sites is 1. The first-order valence-corrected chi connectivity index (χ1v) is 8.38. The Hall–Kier alpha value is -1.46. The molecule has 0 aliphatic rings. The molecule has 5 heteroatoms. The summed E-state index contributed by atoms with van der Waals surface area (Å²) in [6.45, 7) is 4.10. The molecule has 114 valence electrons. The first kappa shape index (κ1) is 15.9. The van der Waals surface area contributed by atoms with E-state index < -0.39 is 0 Å². The number of ether oxygens (including phenoxy) is 1. The summed E-state index contributed by atoms with van der Waals surface area (Å²) in [4.78, 5) is 1.11. The highest BCUT2D eigenvalue weighted by Crippen LogP contribution is 2.34. The van der Waals surface area contributed by atoms with Crippen LogP contribution in [0.5, 0.6) is 11.6 Å². The molecule has 0 spiro atoms. The number of nitrogens with zero attached hydrogens (tertiary/aromatic N) is 2. The van der Waals surface area contributed by atoms with Crippen LogP contribution in [0.2, 0.25) is 0 Å². The van der Waals surface area contributed by atoms with Crippen LogP contribution in [0.25, 0.3) is 0 Å². The highest BCUT2D eigenvalue weighted by Gasteiger charge is 2.18. The van der Waals surface area contributed by atoms with Crippen molar-refractivity contribution in [2.45, 2.75) is 37.6 Å². The molecule has 0 bridgehead atoms. The number of aromatic nitrogens is 2. The summed E-state index contributed by atoms with van der Waals surface area (Å²) >= 11 is 1.67. The van der Waals surface area contributed by atoms with Gasteiger partial charge in [-0.1, -0.05) is 19.1 Å². The van der Waals surface area contributed by atoms with Gasteiger partial charge in [-0.25, -0.2) is 4.68 Å². The minimum absolute atomic E-state index is 0.131. The van der Waals surface area contributed by atoms with Crippen molar-refractivity contribution in [1.82, 2.24) is 9.78 Å². The zero-order chi connectivity index (χ0) is 15.4. The van der Waals surface area contributed by atoms with Gasteiger partial charge in [0.05, 0.1) is 5.69 Å². The summed E-state index contributed by atoms with van der Waals surface area (Å²) in [5.41, 5.74) is 8.19. The lowest BCUT2D eigenvalue weighted by Gasteiger charge is -2.13. The average Bonchev–Trinajstić information content (AvgIpc) is 2.74. The highest BCUT2D eigenvalue weighted by molar-refractivity contribution is 7.98. The van der Waals surface area contributed by atoms with Crippen LogP contribution in [0.1, 0.15) is 24.6 Å². The molecule has 4 nitrogen and oxygen atoms in total. The minimum Gasteiger partial charge on any atom is -0.438 e. The van der Waals surface area contributed by atoms with Gasteiger partial charge in [0.1, 0.15) is 5.75 Å². The molecule has 0 radical (unpaired) electrons. The number of thioether (sulfide) groups is 1. The van der Waals surface area contributed by atoms with E-state index in [0.29, 0.717) is 0 Å². The summed E-state index contributed by atoms with van der Waals surface area (Å²) < 4.78 is 7.95. The van der Waals surface area contributed by atoms with Crippen LogP contribution in [-0.4, -0.2) is 22.1 Å². The summed E-state index contributed by atoms with van der Waals surface area (Å²) in [5, 5.41) is 4.48. The van der Waals surface area contributed by atoms with E-state index in [0.717, 1.165) is 40.6 Å². The number of benzene rings is 1. The molecule has 1 heterocycles. The van der Waals surface area contributed by atoms with Crippen molar-refractivity contribution >= 4 is 11.8 Å². The molecule has 0 fully saturated rings. The minimum atomic E-state index is 0.131. The van der Waals surface area contributed by atoms with Crippen molar-refractivity contribution in [3.8, 4) is 11.6 Å². The molecule has 2 N–H and O–H groups in total. The van der Waals surface area contributed by atoms with E-state index in [1.54, 1.807) is 16.4 Å². The zero-order valence-electron chi connectivity index (χ0n) is 13.1. The number of rotatable bonds is 6. The van der Waals surface area contributed by atoms with Crippen molar-refractivity contribution in [1.29, 1.82) is 0 Å². The fourth-order valence-corrected chi connectivity index (χ4v) is 2.78. The van der Waals surface area contributed by atoms with E-state index in [1.165, 1.54) is 0 Å². The molecule has 1 atom stereocenters. The maximum atomic E-state index is 6.15.